The molecule has 5 heteroatoms. The fraction of sp³-hybridized carbons (Fsp3) is 0.308. The van der Waals surface area contributed by atoms with Crippen LogP contribution in [-0.2, 0) is 0 Å². The summed E-state index contributed by atoms with van der Waals surface area (Å²) in [6, 6.07) is 2.17. The van der Waals surface area contributed by atoms with Crippen LogP contribution in [-0.4, -0.2) is 10.3 Å². The first-order valence-corrected chi connectivity index (χ1v) is 5.52. The van der Waals surface area contributed by atoms with Crippen molar-refractivity contribution in [2.45, 2.75) is 27.7 Å². The minimum absolute atomic E-state index is 0.501. The molecule has 5 nitrogen and oxygen atoms in total. The standard InChI is InChI=1S/C13H13N3O2/c1-7-12(9(3)17-15-7)5-11(6-14)13-8(2)16-18-10(13)4/h5H,1-4H3/b11-5+. The van der Waals surface area contributed by atoms with Crippen LogP contribution in [0.4, 0.5) is 0 Å². The minimum Gasteiger partial charge on any atom is -0.361 e. The molecule has 2 aromatic heterocycles. The smallest absolute Gasteiger partial charge is 0.142 e. The molecule has 0 bridgehead atoms. The molecule has 0 radical (unpaired) electrons. The van der Waals surface area contributed by atoms with Gasteiger partial charge in [-0.05, 0) is 33.8 Å². The number of nitriles is 1. The molecular weight excluding hydrogens is 230 g/mol. The minimum atomic E-state index is 0.501. The molecule has 0 aliphatic rings. The van der Waals surface area contributed by atoms with Gasteiger partial charge >= 0.3 is 0 Å². The van der Waals surface area contributed by atoms with Crippen LogP contribution in [0.5, 0.6) is 0 Å². The van der Waals surface area contributed by atoms with E-state index in [9.17, 15) is 5.26 Å². The van der Waals surface area contributed by atoms with Crippen LogP contribution < -0.4 is 0 Å². The Kier molecular flexibility index (Phi) is 3.02. The number of nitrogens with zero attached hydrogens (tertiary/aromatic N) is 3. The molecule has 0 aliphatic carbocycles. The summed E-state index contributed by atoms with van der Waals surface area (Å²) < 4.78 is 10.2. The van der Waals surface area contributed by atoms with E-state index in [0.717, 1.165) is 16.8 Å². The van der Waals surface area contributed by atoms with E-state index in [1.54, 1.807) is 13.0 Å². The van der Waals surface area contributed by atoms with Gasteiger partial charge in [0.15, 0.2) is 0 Å². The Bertz CT molecular complexity index is 617. The molecular formula is C13H13N3O2. The maximum Gasteiger partial charge on any atom is 0.142 e. The molecule has 92 valence electrons. The number of aryl methyl sites for hydroxylation is 4. The van der Waals surface area contributed by atoms with Crippen molar-refractivity contribution in [3.8, 4) is 6.07 Å². The Morgan fingerprint density at radius 1 is 1.06 bits per heavy atom. The lowest BCUT2D eigenvalue weighted by Gasteiger charge is -1.97. The van der Waals surface area contributed by atoms with E-state index in [1.165, 1.54) is 0 Å². The quantitative estimate of drug-likeness (QED) is 0.758. The van der Waals surface area contributed by atoms with E-state index in [2.05, 4.69) is 16.4 Å². The summed E-state index contributed by atoms with van der Waals surface area (Å²) in [4.78, 5) is 0. The van der Waals surface area contributed by atoms with Gasteiger partial charge in [-0.3, -0.25) is 0 Å². The molecule has 2 rings (SSSR count). The number of allylic oxidation sites excluding steroid dienone is 1. The van der Waals surface area contributed by atoms with E-state index < -0.39 is 0 Å². The van der Waals surface area contributed by atoms with E-state index in [4.69, 9.17) is 9.05 Å². The fourth-order valence-electron chi connectivity index (χ4n) is 1.87. The fourth-order valence-corrected chi connectivity index (χ4v) is 1.87. The van der Waals surface area contributed by atoms with Crippen molar-refractivity contribution in [1.29, 1.82) is 5.26 Å². The highest BCUT2D eigenvalue weighted by Crippen LogP contribution is 2.26. The molecule has 0 saturated heterocycles. The van der Waals surface area contributed by atoms with Gasteiger partial charge in [-0.25, -0.2) is 0 Å². The lowest BCUT2D eigenvalue weighted by Crippen LogP contribution is -1.87. The highest BCUT2D eigenvalue weighted by atomic mass is 16.5. The average Bonchev–Trinajstić information content (AvgIpc) is 2.83. The van der Waals surface area contributed by atoms with Crippen LogP contribution in [0.15, 0.2) is 9.05 Å². The zero-order chi connectivity index (χ0) is 13.3. The summed E-state index contributed by atoms with van der Waals surface area (Å²) in [6.45, 7) is 7.25. The van der Waals surface area contributed by atoms with Gasteiger partial charge in [0.2, 0.25) is 0 Å². The van der Waals surface area contributed by atoms with Crippen LogP contribution in [0.25, 0.3) is 11.6 Å². The second-order valence-electron chi connectivity index (χ2n) is 4.11. The maximum atomic E-state index is 9.29. The molecule has 0 aliphatic heterocycles. The second-order valence-corrected chi connectivity index (χ2v) is 4.11. The number of aromatic nitrogens is 2. The summed E-state index contributed by atoms with van der Waals surface area (Å²) in [5.74, 6) is 1.32. The molecule has 0 N–H and O–H groups in total. The molecule has 18 heavy (non-hydrogen) atoms. The molecule has 0 spiro atoms. The molecule has 2 heterocycles. The predicted molar refractivity (Wildman–Crippen MR) is 65.4 cm³/mol. The Labute approximate surface area is 105 Å². The summed E-state index contributed by atoms with van der Waals surface area (Å²) >= 11 is 0. The van der Waals surface area contributed by atoms with Gasteiger partial charge in [0.05, 0.1) is 28.6 Å². The van der Waals surface area contributed by atoms with Gasteiger partial charge < -0.3 is 9.05 Å². The van der Waals surface area contributed by atoms with Crippen LogP contribution >= 0.6 is 0 Å². The topological polar surface area (TPSA) is 75.8 Å². The van der Waals surface area contributed by atoms with Crippen LogP contribution in [0.1, 0.15) is 34.0 Å². The van der Waals surface area contributed by atoms with Gasteiger partial charge in [-0.2, -0.15) is 5.26 Å². The molecule has 0 amide bonds. The first-order chi connectivity index (χ1) is 8.54. The lowest BCUT2D eigenvalue weighted by atomic mass is 10.0. The van der Waals surface area contributed by atoms with Crippen molar-refractivity contribution in [2.24, 2.45) is 0 Å². The van der Waals surface area contributed by atoms with Gasteiger partial charge in [0.1, 0.15) is 11.5 Å². The van der Waals surface area contributed by atoms with Crippen molar-refractivity contribution in [3.05, 3.63) is 34.0 Å². The Hall–Kier alpha value is -2.35. The largest absolute Gasteiger partial charge is 0.361 e. The van der Waals surface area contributed by atoms with Crippen molar-refractivity contribution in [2.75, 3.05) is 0 Å². The van der Waals surface area contributed by atoms with Crippen molar-refractivity contribution >= 4 is 11.6 Å². The van der Waals surface area contributed by atoms with Gasteiger partial charge in [0.25, 0.3) is 0 Å². The maximum absolute atomic E-state index is 9.29. The highest BCUT2D eigenvalue weighted by Gasteiger charge is 2.16. The molecule has 2 aromatic rings. The Morgan fingerprint density at radius 3 is 2.11 bits per heavy atom. The van der Waals surface area contributed by atoms with Crippen molar-refractivity contribution in [3.63, 3.8) is 0 Å². The van der Waals surface area contributed by atoms with Gasteiger partial charge in [0, 0.05) is 5.56 Å². The third kappa shape index (κ3) is 1.93. The van der Waals surface area contributed by atoms with Crippen LogP contribution in [0.2, 0.25) is 0 Å². The van der Waals surface area contributed by atoms with E-state index in [0.29, 0.717) is 22.8 Å². The SMILES string of the molecule is Cc1noc(C)c1/C=C(\C#N)c1c(C)noc1C. The van der Waals surface area contributed by atoms with Gasteiger partial charge in [-0.1, -0.05) is 10.3 Å². The van der Waals surface area contributed by atoms with E-state index in [-0.39, 0.29) is 0 Å². The number of hydrogen-bond acceptors (Lipinski definition) is 5. The zero-order valence-electron chi connectivity index (χ0n) is 10.7. The number of rotatable bonds is 2. The average molecular weight is 243 g/mol. The first kappa shape index (κ1) is 12.1. The van der Waals surface area contributed by atoms with Crippen molar-refractivity contribution < 1.29 is 9.05 Å². The Morgan fingerprint density at radius 2 is 1.67 bits per heavy atom. The monoisotopic (exact) mass is 243 g/mol. The first-order valence-electron chi connectivity index (χ1n) is 5.52. The molecule has 0 aromatic carbocycles. The number of hydrogen-bond donors (Lipinski definition) is 0. The third-order valence-corrected chi connectivity index (χ3v) is 2.80. The molecule has 0 saturated carbocycles. The molecule has 0 atom stereocenters. The van der Waals surface area contributed by atoms with E-state index >= 15 is 0 Å². The summed E-state index contributed by atoms with van der Waals surface area (Å²) in [5, 5.41) is 17.0. The Balaban J connectivity index is 2.58. The highest BCUT2D eigenvalue weighted by molar-refractivity contribution is 5.91. The third-order valence-electron chi connectivity index (χ3n) is 2.80. The van der Waals surface area contributed by atoms with Crippen molar-refractivity contribution in [1.82, 2.24) is 10.3 Å². The summed E-state index contributed by atoms with van der Waals surface area (Å²) in [7, 11) is 0. The lowest BCUT2D eigenvalue weighted by molar-refractivity contribution is 0.393. The van der Waals surface area contributed by atoms with Crippen LogP contribution in [0, 0.1) is 39.0 Å². The zero-order valence-corrected chi connectivity index (χ0v) is 10.7. The second kappa shape index (κ2) is 4.49. The van der Waals surface area contributed by atoms with E-state index in [1.807, 2.05) is 20.8 Å². The molecule has 0 fully saturated rings. The van der Waals surface area contributed by atoms with Gasteiger partial charge in [-0.15, -0.1) is 0 Å². The molecule has 0 unspecified atom stereocenters. The normalized spacial score (nSPS) is 11.6. The predicted octanol–water partition coefficient (Wildman–Crippen LogP) is 2.96. The van der Waals surface area contributed by atoms with Crippen LogP contribution in [0.3, 0.4) is 0 Å². The summed E-state index contributed by atoms with van der Waals surface area (Å²) in [5.41, 5.74) is 3.52. The summed E-state index contributed by atoms with van der Waals surface area (Å²) in [6.07, 6.45) is 1.76.